The summed E-state index contributed by atoms with van der Waals surface area (Å²) in [6, 6.07) is 4.19. The van der Waals surface area contributed by atoms with Crippen LogP contribution in [0.1, 0.15) is 17.9 Å². The van der Waals surface area contributed by atoms with E-state index in [0.717, 1.165) is 0 Å². The van der Waals surface area contributed by atoms with Gasteiger partial charge in [0.05, 0.1) is 6.42 Å². The highest BCUT2D eigenvalue weighted by molar-refractivity contribution is 5.85. The molecule has 0 aromatic heterocycles. The summed E-state index contributed by atoms with van der Waals surface area (Å²) in [5.74, 6) is -1.80. The first-order chi connectivity index (χ1) is 7.04. The summed E-state index contributed by atoms with van der Waals surface area (Å²) >= 11 is 0. The summed E-state index contributed by atoms with van der Waals surface area (Å²) < 4.78 is 0. The van der Waals surface area contributed by atoms with Gasteiger partial charge in [0.2, 0.25) is 0 Å². The van der Waals surface area contributed by atoms with E-state index in [9.17, 15) is 9.90 Å². The Labute approximate surface area is 98.9 Å². The number of hydrogen-bond donors (Lipinski definition) is 4. The van der Waals surface area contributed by atoms with E-state index in [1.165, 1.54) is 12.1 Å². The molecule has 1 aromatic carbocycles. The number of nitrogens with two attached hydrogens (primary N) is 1. The monoisotopic (exact) mass is 247 g/mol. The Morgan fingerprint density at radius 3 is 2.38 bits per heavy atom. The zero-order valence-corrected chi connectivity index (χ0v) is 9.28. The lowest BCUT2D eigenvalue weighted by atomic mass is 9.95. The third kappa shape index (κ3) is 3.60. The van der Waals surface area contributed by atoms with Crippen LogP contribution in [0.15, 0.2) is 18.2 Å². The van der Waals surface area contributed by atoms with Gasteiger partial charge in [-0.15, -0.1) is 12.4 Å². The molecule has 0 amide bonds. The van der Waals surface area contributed by atoms with Gasteiger partial charge in [0.15, 0.2) is 11.5 Å². The molecule has 5 nitrogen and oxygen atoms in total. The van der Waals surface area contributed by atoms with Crippen LogP contribution in [0.2, 0.25) is 0 Å². The second kappa shape index (κ2) is 6.19. The minimum Gasteiger partial charge on any atom is -0.504 e. The van der Waals surface area contributed by atoms with E-state index >= 15 is 0 Å². The molecule has 90 valence electrons. The molecule has 1 aromatic rings. The SMILES string of the molecule is Cl.NCC(CC(=O)O)c1ccc(O)c(O)c1. The Morgan fingerprint density at radius 1 is 1.31 bits per heavy atom. The van der Waals surface area contributed by atoms with Crippen LogP contribution >= 0.6 is 12.4 Å². The summed E-state index contributed by atoms with van der Waals surface area (Å²) in [7, 11) is 0. The molecule has 0 saturated carbocycles. The van der Waals surface area contributed by atoms with Crippen LogP contribution in [-0.2, 0) is 4.79 Å². The van der Waals surface area contributed by atoms with Crippen molar-refractivity contribution in [3.05, 3.63) is 23.8 Å². The molecule has 1 unspecified atom stereocenters. The van der Waals surface area contributed by atoms with Crippen LogP contribution in [0.3, 0.4) is 0 Å². The molecule has 0 spiro atoms. The van der Waals surface area contributed by atoms with Crippen LogP contribution in [0.4, 0.5) is 0 Å². The normalized spacial score (nSPS) is 11.6. The Morgan fingerprint density at radius 2 is 1.94 bits per heavy atom. The molecule has 1 atom stereocenters. The van der Waals surface area contributed by atoms with Crippen molar-refractivity contribution in [1.82, 2.24) is 0 Å². The number of carboxylic acid groups (broad SMARTS) is 1. The van der Waals surface area contributed by atoms with Gasteiger partial charge in [-0.1, -0.05) is 6.07 Å². The molecule has 0 radical (unpaired) electrons. The molecule has 0 saturated heterocycles. The summed E-state index contributed by atoms with van der Waals surface area (Å²) in [5, 5.41) is 27.0. The fraction of sp³-hybridized carbons (Fsp3) is 0.300. The molecular formula is C10H14ClNO4. The first kappa shape index (κ1) is 14.5. The first-order valence-corrected chi connectivity index (χ1v) is 4.48. The van der Waals surface area contributed by atoms with Crippen molar-refractivity contribution in [2.75, 3.05) is 6.54 Å². The zero-order valence-electron chi connectivity index (χ0n) is 8.46. The van der Waals surface area contributed by atoms with Gasteiger partial charge in [0, 0.05) is 5.92 Å². The second-order valence-corrected chi connectivity index (χ2v) is 3.28. The van der Waals surface area contributed by atoms with E-state index in [1.807, 2.05) is 0 Å². The number of carboxylic acids is 1. The smallest absolute Gasteiger partial charge is 0.304 e. The Balaban J connectivity index is 0.00000225. The molecule has 1 rings (SSSR count). The Hall–Kier alpha value is -1.46. The molecule has 0 bridgehead atoms. The molecule has 16 heavy (non-hydrogen) atoms. The highest BCUT2D eigenvalue weighted by atomic mass is 35.5. The molecule has 0 heterocycles. The predicted molar refractivity (Wildman–Crippen MR) is 61.1 cm³/mol. The minimum atomic E-state index is -0.946. The number of phenols is 2. The maximum absolute atomic E-state index is 10.5. The summed E-state index contributed by atoms with van der Waals surface area (Å²) in [5.41, 5.74) is 6.04. The average molecular weight is 248 g/mol. The van der Waals surface area contributed by atoms with Crippen LogP contribution in [0.5, 0.6) is 11.5 Å². The van der Waals surface area contributed by atoms with Crippen molar-refractivity contribution < 1.29 is 20.1 Å². The predicted octanol–water partition coefficient (Wildman–Crippen LogP) is 1.04. The van der Waals surface area contributed by atoms with Gasteiger partial charge in [-0.3, -0.25) is 4.79 Å². The van der Waals surface area contributed by atoms with Crippen molar-refractivity contribution in [2.24, 2.45) is 5.73 Å². The first-order valence-electron chi connectivity index (χ1n) is 4.48. The highest BCUT2D eigenvalue weighted by Crippen LogP contribution is 2.29. The molecule has 5 N–H and O–H groups in total. The van der Waals surface area contributed by atoms with Gasteiger partial charge in [-0.05, 0) is 24.2 Å². The fourth-order valence-electron chi connectivity index (χ4n) is 1.34. The van der Waals surface area contributed by atoms with Gasteiger partial charge < -0.3 is 21.1 Å². The van der Waals surface area contributed by atoms with E-state index in [-0.39, 0.29) is 42.8 Å². The molecule has 6 heteroatoms. The molecule has 0 fully saturated rings. The third-order valence-electron chi connectivity index (χ3n) is 2.18. The number of phenolic OH excluding ortho intramolecular Hbond substituents is 2. The van der Waals surface area contributed by atoms with Crippen LogP contribution in [0.25, 0.3) is 0 Å². The Kier molecular flexibility index (Phi) is 5.63. The highest BCUT2D eigenvalue weighted by Gasteiger charge is 2.15. The number of aliphatic carboxylic acids is 1. The maximum atomic E-state index is 10.5. The van der Waals surface area contributed by atoms with Gasteiger partial charge >= 0.3 is 5.97 Å². The number of aromatic hydroxyl groups is 2. The van der Waals surface area contributed by atoms with Gasteiger partial charge in [0.1, 0.15) is 0 Å². The average Bonchev–Trinajstić information content (AvgIpc) is 2.18. The van der Waals surface area contributed by atoms with Crippen LogP contribution in [-0.4, -0.2) is 27.8 Å². The van der Waals surface area contributed by atoms with E-state index < -0.39 is 5.97 Å². The number of halogens is 1. The number of rotatable bonds is 4. The minimum absolute atomic E-state index is 0. The standard InChI is InChI=1S/C10H13NO4.ClH/c11-5-7(4-10(14)15)6-1-2-8(12)9(13)3-6;/h1-3,7,12-13H,4-5,11H2,(H,14,15);1H. The lowest BCUT2D eigenvalue weighted by molar-refractivity contribution is -0.137. The third-order valence-corrected chi connectivity index (χ3v) is 2.18. The van der Waals surface area contributed by atoms with Gasteiger partial charge in [0.25, 0.3) is 0 Å². The quantitative estimate of drug-likeness (QED) is 0.595. The van der Waals surface area contributed by atoms with Crippen molar-refractivity contribution in [3.8, 4) is 11.5 Å². The molecule has 0 aliphatic rings. The largest absolute Gasteiger partial charge is 0.504 e. The summed E-state index contributed by atoms with van der Waals surface area (Å²) in [6.07, 6.45) is -0.0965. The number of hydrogen-bond acceptors (Lipinski definition) is 4. The summed E-state index contributed by atoms with van der Waals surface area (Å²) in [4.78, 5) is 10.5. The van der Waals surface area contributed by atoms with Crippen molar-refractivity contribution in [2.45, 2.75) is 12.3 Å². The second-order valence-electron chi connectivity index (χ2n) is 3.28. The van der Waals surface area contributed by atoms with Crippen molar-refractivity contribution in [3.63, 3.8) is 0 Å². The zero-order chi connectivity index (χ0) is 11.4. The molecular weight excluding hydrogens is 234 g/mol. The Bertz CT molecular complexity index is 370. The van der Waals surface area contributed by atoms with Crippen molar-refractivity contribution in [1.29, 1.82) is 0 Å². The lowest BCUT2D eigenvalue weighted by Gasteiger charge is -2.13. The van der Waals surface area contributed by atoms with E-state index in [2.05, 4.69) is 0 Å². The van der Waals surface area contributed by atoms with E-state index in [4.69, 9.17) is 15.9 Å². The maximum Gasteiger partial charge on any atom is 0.304 e. The topological polar surface area (TPSA) is 104 Å². The van der Waals surface area contributed by atoms with Gasteiger partial charge in [-0.2, -0.15) is 0 Å². The number of carbonyl (C=O) groups is 1. The van der Waals surface area contributed by atoms with Gasteiger partial charge in [-0.25, -0.2) is 0 Å². The van der Waals surface area contributed by atoms with Crippen molar-refractivity contribution >= 4 is 18.4 Å². The lowest BCUT2D eigenvalue weighted by Crippen LogP contribution is -2.16. The van der Waals surface area contributed by atoms with Crippen LogP contribution in [0, 0.1) is 0 Å². The number of benzene rings is 1. The molecule has 0 aliphatic carbocycles. The fourth-order valence-corrected chi connectivity index (χ4v) is 1.34. The van der Waals surface area contributed by atoms with Crippen LogP contribution < -0.4 is 5.73 Å². The molecule has 0 aliphatic heterocycles. The summed E-state index contributed by atoms with van der Waals surface area (Å²) in [6.45, 7) is 0.177. The van der Waals surface area contributed by atoms with E-state index in [1.54, 1.807) is 6.07 Å². The van der Waals surface area contributed by atoms with E-state index in [0.29, 0.717) is 5.56 Å².